The van der Waals surface area contributed by atoms with Crippen LogP contribution in [0.4, 0.5) is 0 Å². The summed E-state index contributed by atoms with van der Waals surface area (Å²) in [5, 5.41) is 4.72. The first-order valence-electron chi connectivity index (χ1n) is 9.75. The minimum Gasteiger partial charge on any atom is -0.331 e. The molecule has 1 fully saturated rings. The Balaban J connectivity index is 1.51. The van der Waals surface area contributed by atoms with Crippen molar-refractivity contribution in [3.63, 3.8) is 0 Å². The summed E-state index contributed by atoms with van der Waals surface area (Å²) in [5.41, 5.74) is 1.11. The molecule has 0 spiro atoms. The van der Waals surface area contributed by atoms with E-state index in [1.54, 1.807) is 6.20 Å². The Bertz CT molecular complexity index is 766. The maximum Gasteiger partial charge on any atom is 0.223 e. The van der Waals surface area contributed by atoms with Crippen LogP contribution in [0.5, 0.6) is 0 Å². The molecule has 2 aliphatic rings. The Morgan fingerprint density at radius 2 is 2.15 bits per heavy atom. The zero-order valence-corrected chi connectivity index (χ0v) is 15.6. The van der Waals surface area contributed by atoms with Gasteiger partial charge in [-0.05, 0) is 43.2 Å². The molecule has 6 nitrogen and oxygen atoms in total. The van der Waals surface area contributed by atoms with Crippen LogP contribution < -0.4 is 0 Å². The number of nitrogens with zero attached hydrogens (tertiary/aromatic N) is 5. The van der Waals surface area contributed by atoms with E-state index in [4.69, 9.17) is 10.1 Å². The zero-order chi connectivity index (χ0) is 18.1. The van der Waals surface area contributed by atoms with Crippen LogP contribution in [0.25, 0.3) is 0 Å². The average molecular weight is 353 g/mol. The van der Waals surface area contributed by atoms with Crippen LogP contribution in [0.3, 0.4) is 0 Å². The molecule has 6 heteroatoms. The monoisotopic (exact) mass is 353 g/mol. The first kappa shape index (κ1) is 17.2. The van der Waals surface area contributed by atoms with Gasteiger partial charge in [-0.2, -0.15) is 5.10 Å². The van der Waals surface area contributed by atoms with Crippen molar-refractivity contribution in [1.82, 2.24) is 24.6 Å². The highest BCUT2D eigenvalue weighted by Crippen LogP contribution is 2.40. The topological polar surface area (TPSA) is 63.9 Å². The van der Waals surface area contributed by atoms with E-state index < -0.39 is 0 Å². The molecular formula is C20H27N5O. The van der Waals surface area contributed by atoms with Crippen molar-refractivity contribution >= 4 is 5.91 Å². The van der Waals surface area contributed by atoms with E-state index in [1.165, 1.54) is 12.8 Å². The second-order valence-electron chi connectivity index (χ2n) is 7.92. The van der Waals surface area contributed by atoms with Crippen LogP contribution in [-0.2, 0) is 17.8 Å². The van der Waals surface area contributed by atoms with Crippen molar-refractivity contribution in [2.45, 2.75) is 64.5 Å². The Hall–Kier alpha value is -2.24. The van der Waals surface area contributed by atoms with Crippen molar-refractivity contribution in [2.24, 2.45) is 5.92 Å². The van der Waals surface area contributed by atoms with Crippen molar-refractivity contribution < 1.29 is 4.79 Å². The second kappa shape index (κ2) is 7.17. The summed E-state index contributed by atoms with van der Waals surface area (Å²) in [5.74, 6) is 3.23. The van der Waals surface area contributed by atoms with Crippen molar-refractivity contribution in [3.05, 3.63) is 41.7 Å². The highest BCUT2D eigenvalue weighted by Gasteiger charge is 2.36. The molecule has 1 amide bonds. The SMILES string of the molecule is CC(C)C[C@H]1c2nc(C3CC3)nn2CCN1C(=O)CCc1cccnc1. The van der Waals surface area contributed by atoms with E-state index in [0.29, 0.717) is 18.3 Å². The molecule has 4 rings (SSSR count). The number of aromatic nitrogens is 4. The zero-order valence-electron chi connectivity index (χ0n) is 15.6. The van der Waals surface area contributed by atoms with Crippen molar-refractivity contribution in [3.8, 4) is 0 Å². The highest BCUT2D eigenvalue weighted by atomic mass is 16.2. The van der Waals surface area contributed by atoms with E-state index in [-0.39, 0.29) is 11.9 Å². The van der Waals surface area contributed by atoms with Gasteiger partial charge in [0.15, 0.2) is 5.82 Å². The van der Waals surface area contributed by atoms with E-state index in [9.17, 15) is 4.79 Å². The molecule has 0 unspecified atom stereocenters. The smallest absolute Gasteiger partial charge is 0.223 e. The van der Waals surface area contributed by atoms with Crippen LogP contribution >= 0.6 is 0 Å². The molecule has 0 bridgehead atoms. The number of hydrogen-bond donors (Lipinski definition) is 0. The van der Waals surface area contributed by atoms with Crippen LogP contribution in [0, 0.1) is 5.92 Å². The molecule has 1 aliphatic carbocycles. The van der Waals surface area contributed by atoms with Gasteiger partial charge in [-0.3, -0.25) is 9.78 Å². The van der Waals surface area contributed by atoms with Gasteiger partial charge in [0.2, 0.25) is 5.91 Å². The maximum atomic E-state index is 13.0. The second-order valence-corrected chi connectivity index (χ2v) is 7.92. The third kappa shape index (κ3) is 3.64. The molecule has 26 heavy (non-hydrogen) atoms. The number of amides is 1. The average Bonchev–Trinajstić information content (AvgIpc) is 3.39. The highest BCUT2D eigenvalue weighted by molar-refractivity contribution is 5.77. The maximum absolute atomic E-state index is 13.0. The number of pyridine rings is 1. The summed E-state index contributed by atoms with van der Waals surface area (Å²) in [6, 6.07) is 4.00. The molecule has 0 radical (unpaired) electrons. The Morgan fingerprint density at radius 3 is 2.85 bits per heavy atom. The van der Waals surface area contributed by atoms with Gasteiger partial charge in [0.25, 0.3) is 0 Å². The Morgan fingerprint density at radius 1 is 1.31 bits per heavy atom. The van der Waals surface area contributed by atoms with E-state index >= 15 is 0 Å². The summed E-state index contributed by atoms with van der Waals surface area (Å²) in [6.45, 7) is 5.89. The fourth-order valence-corrected chi connectivity index (χ4v) is 3.71. The minimum atomic E-state index is 0.0464. The number of fused-ring (bicyclic) bond motifs is 1. The van der Waals surface area contributed by atoms with Crippen molar-refractivity contribution in [2.75, 3.05) is 6.54 Å². The van der Waals surface area contributed by atoms with E-state index in [2.05, 4.69) is 18.8 Å². The molecule has 1 saturated carbocycles. The molecule has 1 aliphatic heterocycles. The molecule has 2 aromatic rings. The molecule has 3 heterocycles. The summed E-state index contributed by atoms with van der Waals surface area (Å²) in [7, 11) is 0. The van der Waals surface area contributed by atoms with Gasteiger partial charge in [-0.25, -0.2) is 9.67 Å². The number of aryl methyl sites for hydroxylation is 1. The molecular weight excluding hydrogens is 326 g/mol. The Labute approximate surface area is 154 Å². The van der Waals surface area contributed by atoms with Crippen molar-refractivity contribution in [1.29, 1.82) is 0 Å². The summed E-state index contributed by atoms with van der Waals surface area (Å²) < 4.78 is 2.05. The van der Waals surface area contributed by atoms with Gasteiger partial charge in [0, 0.05) is 31.3 Å². The molecule has 0 N–H and O–H groups in total. The molecule has 0 aromatic carbocycles. The van der Waals surface area contributed by atoms with Gasteiger partial charge >= 0.3 is 0 Å². The third-order valence-electron chi connectivity index (χ3n) is 5.25. The van der Waals surface area contributed by atoms with Crippen LogP contribution in [0.1, 0.15) is 68.7 Å². The third-order valence-corrected chi connectivity index (χ3v) is 5.25. The Kier molecular flexibility index (Phi) is 4.74. The lowest BCUT2D eigenvalue weighted by atomic mass is 9.99. The first-order valence-corrected chi connectivity index (χ1v) is 9.75. The van der Waals surface area contributed by atoms with Gasteiger partial charge in [0.05, 0.1) is 12.6 Å². The normalized spacial score (nSPS) is 19.7. The summed E-state index contributed by atoms with van der Waals surface area (Å²) >= 11 is 0. The fraction of sp³-hybridized carbons (Fsp3) is 0.600. The lowest BCUT2D eigenvalue weighted by Gasteiger charge is -2.36. The van der Waals surface area contributed by atoms with Crippen LogP contribution in [-0.4, -0.2) is 37.1 Å². The summed E-state index contributed by atoms with van der Waals surface area (Å²) in [6.07, 6.45) is 8.19. The van der Waals surface area contributed by atoms with Gasteiger partial charge in [-0.1, -0.05) is 19.9 Å². The van der Waals surface area contributed by atoms with E-state index in [0.717, 1.165) is 43.1 Å². The van der Waals surface area contributed by atoms with Gasteiger partial charge in [-0.15, -0.1) is 0 Å². The van der Waals surface area contributed by atoms with Crippen LogP contribution in [0.2, 0.25) is 0 Å². The number of carbonyl (C=O) groups excluding carboxylic acids is 1. The van der Waals surface area contributed by atoms with Crippen LogP contribution in [0.15, 0.2) is 24.5 Å². The first-order chi connectivity index (χ1) is 12.6. The lowest BCUT2D eigenvalue weighted by Crippen LogP contribution is -2.43. The van der Waals surface area contributed by atoms with E-state index in [1.807, 2.05) is 27.9 Å². The number of rotatable bonds is 6. The minimum absolute atomic E-state index is 0.0464. The largest absolute Gasteiger partial charge is 0.331 e. The quantitative estimate of drug-likeness (QED) is 0.800. The predicted molar refractivity (Wildman–Crippen MR) is 98.5 cm³/mol. The molecule has 0 saturated heterocycles. The lowest BCUT2D eigenvalue weighted by molar-refractivity contribution is -0.135. The predicted octanol–water partition coefficient (Wildman–Crippen LogP) is 3.11. The number of carbonyl (C=O) groups is 1. The van der Waals surface area contributed by atoms with Gasteiger partial charge in [0.1, 0.15) is 5.82 Å². The number of hydrogen-bond acceptors (Lipinski definition) is 4. The molecule has 138 valence electrons. The molecule has 1 atom stereocenters. The summed E-state index contributed by atoms with van der Waals surface area (Å²) in [4.78, 5) is 24.0. The standard InChI is InChI=1S/C20H27N5O/c1-14(2)12-17-20-22-19(16-6-7-16)23-25(20)11-10-24(17)18(26)8-5-15-4-3-9-21-13-15/h3-4,9,13-14,16-17H,5-8,10-12H2,1-2H3/t17-/m0/s1. The fourth-order valence-electron chi connectivity index (χ4n) is 3.71. The van der Waals surface area contributed by atoms with Gasteiger partial charge < -0.3 is 4.90 Å². The molecule has 2 aromatic heterocycles.